The molecule has 0 spiro atoms. The quantitative estimate of drug-likeness (QED) is 0.789. The highest BCUT2D eigenvalue weighted by atomic mass is 16.2. The topological polar surface area (TPSA) is 81.3 Å². The van der Waals surface area contributed by atoms with Gasteiger partial charge in [-0.05, 0) is 69.9 Å². The van der Waals surface area contributed by atoms with Crippen LogP contribution in [0.5, 0.6) is 0 Å². The number of nitrogens with one attached hydrogen (secondary N) is 2. The highest BCUT2D eigenvalue weighted by molar-refractivity contribution is 5.81. The molecule has 4 aliphatic rings. The second kappa shape index (κ2) is 8.09. The van der Waals surface area contributed by atoms with Gasteiger partial charge in [-0.25, -0.2) is 0 Å². The van der Waals surface area contributed by atoms with Gasteiger partial charge in [0.25, 0.3) is 0 Å². The Balaban J connectivity index is 1.10. The molecule has 5 rings (SSSR count). The van der Waals surface area contributed by atoms with Crippen LogP contribution < -0.4 is 5.32 Å². The van der Waals surface area contributed by atoms with E-state index in [-0.39, 0.29) is 11.8 Å². The van der Waals surface area contributed by atoms with Crippen LogP contribution in [0.15, 0.2) is 0 Å². The summed E-state index contributed by atoms with van der Waals surface area (Å²) in [6.45, 7) is 4.25. The molecule has 2 amide bonds. The number of aryl methyl sites for hydroxylation is 1. The van der Waals surface area contributed by atoms with Crippen molar-refractivity contribution in [3.8, 4) is 0 Å². The number of carbonyl (C=O) groups is 2. The largest absolute Gasteiger partial charge is 0.350 e. The molecule has 1 unspecified atom stereocenters. The molecule has 1 saturated carbocycles. The van der Waals surface area contributed by atoms with Gasteiger partial charge in [-0.2, -0.15) is 5.10 Å². The molecule has 1 aromatic rings. The number of amides is 2. The molecule has 2 saturated heterocycles. The Morgan fingerprint density at radius 2 is 1.83 bits per heavy atom. The number of hydrogen-bond donors (Lipinski definition) is 2. The van der Waals surface area contributed by atoms with Gasteiger partial charge in [0.15, 0.2) is 0 Å². The minimum Gasteiger partial charge on any atom is -0.350 e. The van der Waals surface area contributed by atoms with E-state index in [1.165, 1.54) is 17.7 Å². The molecule has 2 aliphatic carbocycles. The third-order valence-electron chi connectivity index (χ3n) is 7.36. The highest BCUT2D eigenvalue weighted by Crippen LogP contribution is 2.32. The fourth-order valence-corrected chi connectivity index (χ4v) is 5.44. The summed E-state index contributed by atoms with van der Waals surface area (Å²) >= 11 is 0. The SMILES string of the molecule is O=C(NCc1n[nH]c2c1CCC2)C1CCCN(C2CCN(C(=O)C3CC3)CC2)C1. The van der Waals surface area contributed by atoms with E-state index in [2.05, 4.69) is 25.3 Å². The van der Waals surface area contributed by atoms with Crippen LogP contribution in [0.3, 0.4) is 0 Å². The maximum atomic E-state index is 12.8. The van der Waals surface area contributed by atoms with Crippen LogP contribution in [0.4, 0.5) is 0 Å². The number of H-pyrrole nitrogens is 1. The van der Waals surface area contributed by atoms with Gasteiger partial charge in [-0.1, -0.05) is 0 Å². The van der Waals surface area contributed by atoms with Gasteiger partial charge in [-0.15, -0.1) is 0 Å². The molecule has 158 valence electrons. The summed E-state index contributed by atoms with van der Waals surface area (Å²) in [4.78, 5) is 29.7. The number of aromatic amines is 1. The van der Waals surface area contributed by atoms with Gasteiger partial charge in [-0.3, -0.25) is 19.6 Å². The lowest BCUT2D eigenvalue weighted by Crippen LogP contribution is -2.51. The number of fused-ring (bicyclic) bond motifs is 1. The van der Waals surface area contributed by atoms with E-state index in [1.807, 2.05) is 0 Å². The zero-order chi connectivity index (χ0) is 19.8. The van der Waals surface area contributed by atoms with Crippen molar-refractivity contribution in [2.24, 2.45) is 11.8 Å². The molecule has 0 bridgehead atoms. The molecule has 3 heterocycles. The minimum absolute atomic E-state index is 0.0712. The summed E-state index contributed by atoms with van der Waals surface area (Å²) in [7, 11) is 0. The van der Waals surface area contributed by atoms with Crippen molar-refractivity contribution in [1.29, 1.82) is 0 Å². The zero-order valence-electron chi connectivity index (χ0n) is 17.3. The summed E-state index contributed by atoms with van der Waals surface area (Å²) in [6, 6.07) is 0.517. The van der Waals surface area contributed by atoms with Crippen molar-refractivity contribution < 1.29 is 9.59 Å². The predicted octanol–water partition coefficient (Wildman–Crippen LogP) is 1.63. The first kappa shape index (κ1) is 19.1. The summed E-state index contributed by atoms with van der Waals surface area (Å²) in [6.07, 6.45) is 9.67. The Morgan fingerprint density at radius 3 is 2.62 bits per heavy atom. The minimum atomic E-state index is 0.0712. The maximum absolute atomic E-state index is 12.8. The van der Waals surface area contributed by atoms with E-state index in [9.17, 15) is 9.59 Å². The van der Waals surface area contributed by atoms with Crippen LogP contribution in [-0.2, 0) is 29.0 Å². The Labute approximate surface area is 172 Å². The summed E-state index contributed by atoms with van der Waals surface area (Å²) < 4.78 is 0. The normalized spacial score (nSPS) is 25.8. The van der Waals surface area contributed by atoms with Crippen LogP contribution in [0, 0.1) is 11.8 Å². The van der Waals surface area contributed by atoms with Gasteiger partial charge in [0.05, 0.1) is 18.2 Å². The van der Waals surface area contributed by atoms with Crippen molar-refractivity contribution in [3.63, 3.8) is 0 Å². The van der Waals surface area contributed by atoms with Gasteiger partial charge in [0.2, 0.25) is 11.8 Å². The van der Waals surface area contributed by atoms with Gasteiger partial charge >= 0.3 is 0 Å². The maximum Gasteiger partial charge on any atom is 0.225 e. The average Bonchev–Trinajstić information content (AvgIpc) is 3.39. The Bertz CT molecular complexity index is 763. The van der Waals surface area contributed by atoms with Crippen molar-refractivity contribution in [2.75, 3.05) is 26.2 Å². The second-order valence-electron chi connectivity index (χ2n) is 9.36. The fourth-order valence-electron chi connectivity index (χ4n) is 5.44. The van der Waals surface area contributed by atoms with Crippen molar-refractivity contribution >= 4 is 11.8 Å². The average molecular weight is 400 g/mol. The van der Waals surface area contributed by atoms with Crippen LogP contribution in [-0.4, -0.2) is 64.0 Å². The van der Waals surface area contributed by atoms with E-state index in [1.54, 1.807) is 0 Å². The Morgan fingerprint density at radius 1 is 1.00 bits per heavy atom. The van der Waals surface area contributed by atoms with Crippen LogP contribution in [0.2, 0.25) is 0 Å². The van der Waals surface area contributed by atoms with E-state index in [4.69, 9.17) is 0 Å². The van der Waals surface area contributed by atoms with Crippen LogP contribution >= 0.6 is 0 Å². The van der Waals surface area contributed by atoms with E-state index < -0.39 is 0 Å². The monoisotopic (exact) mass is 399 g/mol. The Kier molecular flexibility index (Phi) is 5.33. The number of carbonyl (C=O) groups excluding carboxylic acids is 2. The molecular weight excluding hydrogens is 366 g/mol. The summed E-state index contributed by atoms with van der Waals surface area (Å²) in [5, 5.41) is 10.7. The zero-order valence-corrected chi connectivity index (χ0v) is 17.3. The highest BCUT2D eigenvalue weighted by Gasteiger charge is 2.37. The standard InChI is InChI=1S/C22H33N5O2/c28-21(23-13-20-18-4-1-5-19(18)24-25-20)16-3-2-10-27(14-16)17-8-11-26(12-9-17)22(29)15-6-7-15/h15-17H,1-14H2,(H,23,28)(H,24,25). The first-order valence-corrected chi connectivity index (χ1v) is 11.5. The molecule has 1 aromatic heterocycles. The van der Waals surface area contributed by atoms with E-state index in [0.29, 0.717) is 24.4 Å². The lowest BCUT2D eigenvalue weighted by atomic mass is 9.93. The number of aromatic nitrogens is 2. The predicted molar refractivity (Wildman–Crippen MR) is 109 cm³/mol. The van der Waals surface area contributed by atoms with Crippen molar-refractivity contribution in [3.05, 3.63) is 17.0 Å². The third kappa shape index (κ3) is 4.06. The molecular formula is C22H33N5O2. The fraction of sp³-hybridized carbons (Fsp3) is 0.773. The van der Waals surface area contributed by atoms with Crippen LogP contribution in [0.25, 0.3) is 0 Å². The van der Waals surface area contributed by atoms with Crippen LogP contribution in [0.1, 0.15) is 61.9 Å². The molecule has 3 fully saturated rings. The number of likely N-dealkylation sites (tertiary alicyclic amines) is 2. The number of nitrogens with zero attached hydrogens (tertiary/aromatic N) is 3. The molecule has 0 radical (unpaired) electrons. The van der Waals surface area contributed by atoms with Crippen molar-refractivity contribution in [1.82, 2.24) is 25.3 Å². The third-order valence-corrected chi connectivity index (χ3v) is 7.36. The smallest absolute Gasteiger partial charge is 0.225 e. The Hall–Kier alpha value is -1.89. The molecule has 2 N–H and O–H groups in total. The molecule has 2 aliphatic heterocycles. The summed E-state index contributed by atoms with van der Waals surface area (Å²) in [5.41, 5.74) is 3.60. The van der Waals surface area contributed by atoms with Gasteiger partial charge in [0.1, 0.15) is 0 Å². The number of hydrogen-bond acceptors (Lipinski definition) is 4. The number of piperidine rings is 2. The molecule has 0 aromatic carbocycles. The lowest BCUT2D eigenvalue weighted by Gasteiger charge is -2.42. The number of rotatable bonds is 5. The van der Waals surface area contributed by atoms with Gasteiger partial charge < -0.3 is 10.2 Å². The first-order chi connectivity index (χ1) is 14.2. The van der Waals surface area contributed by atoms with Gasteiger partial charge in [0, 0.05) is 37.3 Å². The summed E-state index contributed by atoms with van der Waals surface area (Å²) in [5.74, 6) is 0.947. The lowest BCUT2D eigenvalue weighted by molar-refractivity contribution is -0.134. The molecule has 7 nitrogen and oxygen atoms in total. The molecule has 29 heavy (non-hydrogen) atoms. The first-order valence-electron chi connectivity index (χ1n) is 11.5. The van der Waals surface area contributed by atoms with E-state index in [0.717, 1.165) is 83.2 Å². The van der Waals surface area contributed by atoms with E-state index >= 15 is 0 Å². The molecule has 1 atom stereocenters. The van der Waals surface area contributed by atoms with Crippen molar-refractivity contribution in [2.45, 2.75) is 70.4 Å². The molecule has 7 heteroatoms. The second-order valence-corrected chi connectivity index (χ2v) is 9.36.